The molecule has 0 spiro atoms. The Kier molecular flexibility index (Phi) is 5.33. The molecule has 3 rings (SSSR count). The molecule has 146 valence electrons. The first-order valence-electron chi connectivity index (χ1n) is 8.90. The van der Waals surface area contributed by atoms with Gasteiger partial charge in [0.1, 0.15) is 17.9 Å². The number of amides is 1. The lowest BCUT2D eigenvalue weighted by atomic mass is 10.0. The van der Waals surface area contributed by atoms with E-state index in [9.17, 15) is 19.6 Å². The second-order valence-corrected chi connectivity index (χ2v) is 6.75. The standard InChI is InChI=1S/C19H22N6O3/c1-22-17(14(12-20)18(27)23(2)19(22)28)25-10-8-24(9-11-25)15(16(21)26)13-6-4-3-5-7-13/h3-7,15H,8-11H2,1-2H3,(H2,21,26)/t15-/m0/s1. The highest BCUT2D eigenvalue weighted by atomic mass is 16.2. The number of nitriles is 1. The number of nitrogens with two attached hydrogens (primary N) is 1. The number of nitrogens with zero attached hydrogens (tertiary/aromatic N) is 5. The van der Waals surface area contributed by atoms with Gasteiger partial charge < -0.3 is 10.6 Å². The van der Waals surface area contributed by atoms with Gasteiger partial charge in [0, 0.05) is 40.3 Å². The molecule has 1 amide bonds. The predicted octanol–water partition coefficient (Wildman–Crippen LogP) is -0.696. The van der Waals surface area contributed by atoms with E-state index in [1.54, 1.807) is 7.05 Å². The fraction of sp³-hybridized carbons (Fsp3) is 0.368. The summed E-state index contributed by atoms with van der Waals surface area (Å²) < 4.78 is 2.25. The van der Waals surface area contributed by atoms with E-state index in [1.807, 2.05) is 46.2 Å². The van der Waals surface area contributed by atoms with Crippen LogP contribution in [0.25, 0.3) is 0 Å². The molecule has 1 aliphatic rings. The Morgan fingerprint density at radius 2 is 1.68 bits per heavy atom. The number of rotatable bonds is 4. The van der Waals surface area contributed by atoms with Crippen molar-refractivity contribution < 1.29 is 4.79 Å². The van der Waals surface area contributed by atoms with E-state index in [2.05, 4.69) is 0 Å². The molecule has 0 radical (unpaired) electrons. The second kappa shape index (κ2) is 7.70. The van der Waals surface area contributed by atoms with E-state index in [-0.39, 0.29) is 5.56 Å². The van der Waals surface area contributed by atoms with Gasteiger partial charge in [-0.15, -0.1) is 0 Å². The second-order valence-electron chi connectivity index (χ2n) is 6.75. The zero-order valence-corrected chi connectivity index (χ0v) is 15.8. The van der Waals surface area contributed by atoms with Crippen molar-refractivity contribution in [2.75, 3.05) is 31.1 Å². The van der Waals surface area contributed by atoms with Gasteiger partial charge in [-0.25, -0.2) is 4.79 Å². The largest absolute Gasteiger partial charge is 0.368 e. The summed E-state index contributed by atoms with van der Waals surface area (Å²) in [5.74, 6) is -0.121. The summed E-state index contributed by atoms with van der Waals surface area (Å²) in [6, 6.07) is 10.7. The van der Waals surface area contributed by atoms with E-state index >= 15 is 0 Å². The molecule has 0 aliphatic carbocycles. The third-order valence-corrected chi connectivity index (χ3v) is 5.11. The van der Waals surface area contributed by atoms with Gasteiger partial charge in [0.25, 0.3) is 5.56 Å². The molecule has 0 bridgehead atoms. The molecule has 1 aliphatic heterocycles. The van der Waals surface area contributed by atoms with Crippen LogP contribution in [0.15, 0.2) is 39.9 Å². The van der Waals surface area contributed by atoms with E-state index < -0.39 is 23.2 Å². The van der Waals surface area contributed by atoms with Crippen LogP contribution in [0, 0.1) is 11.3 Å². The van der Waals surface area contributed by atoms with Crippen LogP contribution in [0.3, 0.4) is 0 Å². The lowest BCUT2D eigenvalue weighted by molar-refractivity contribution is -0.123. The minimum Gasteiger partial charge on any atom is -0.368 e. The van der Waals surface area contributed by atoms with E-state index in [4.69, 9.17) is 5.73 Å². The first-order valence-corrected chi connectivity index (χ1v) is 8.90. The van der Waals surface area contributed by atoms with Gasteiger partial charge in [-0.2, -0.15) is 5.26 Å². The van der Waals surface area contributed by atoms with Gasteiger partial charge in [0.05, 0.1) is 0 Å². The maximum absolute atomic E-state index is 12.3. The van der Waals surface area contributed by atoms with Crippen LogP contribution in [-0.2, 0) is 18.9 Å². The van der Waals surface area contributed by atoms with Crippen molar-refractivity contribution in [3.05, 3.63) is 62.3 Å². The fourth-order valence-corrected chi connectivity index (χ4v) is 3.68. The third kappa shape index (κ3) is 3.30. The number of carbonyl (C=O) groups is 1. The molecule has 1 atom stereocenters. The van der Waals surface area contributed by atoms with E-state index in [0.29, 0.717) is 32.0 Å². The van der Waals surface area contributed by atoms with Gasteiger partial charge in [0.2, 0.25) is 5.91 Å². The Morgan fingerprint density at radius 3 is 2.21 bits per heavy atom. The number of carbonyl (C=O) groups excluding carboxylic acids is 1. The predicted molar refractivity (Wildman–Crippen MR) is 104 cm³/mol. The minimum atomic E-state index is -0.609. The molecule has 28 heavy (non-hydrogen) atoms. The highest BCUT2D eigenvalue weighted by Crippen LogP contribution is 2.24. The van der Waals surface area contributed by atoms with Crippen LogP contribution in [0.5, 0.6) is 0 Å². The molecular formula is C19H22N6O3. The Balaban J connectivity index is 1.89. The number of aromatic nitrogens is 2. The number of primary amides is 1. The zero-order valence-electron chi connectivity index (χ0n) is 15.8. The monoisotopic (exact) mass is 382 g/mol. The van der Waals surface area contributed by atoms with Gasteiger partial charge in [-0.1, -0.05) is 30.3 Å². The lowest BCUT2D eigenvalue weighted by Crippen LogP contribution is -2.52. The third-order valence-electron chi connectivity index (χ3n) is 5.11. The molecule has 0 unspecified atom stereocenters. The number of benzene rings is 1. The topological polar surface area (TPSA) is 117 Å². The van der Waals surface area contributed by atoms with Crippen molar-refractivity contribution in [3.63, 3.8) is 0 Å². The van der Waals surface area contributed by atoms with Crippen molar-refractivity contribution in [1.29, 1.82) is 5.26 Å². The van der Waals surface area contributed by atoms with Crippen LogP contribution in [0.1, 0.15) is 17.2 Å². The van der Waals surface area contributed by atoms with Crippen LogP contribution >= 0.6 is 0 Å². The molecule has 9 nitrogen and oxygen atoms in total. The number of hydrogen-bond donors (Lipinski definition) is 1. The van der Waals surface area contributed by atoms with Gasteiger partial charge >= 0.3 is 5.69 Å². The maximum atomic E-state index is 12.3. The van der Waals surface area contributed by atoms with Gasteiger partial charge in [-0.05, 0) is 5.56 Å². The Labute approximate surface area is 161 Å². The molecule has 1 aromatic carbocycles. The molecular weight excluding hydrogens is 360 g/mol. The number of anilines is 1. The summed E-state index contributed by atoms with van der Waals surface area (Å²) in [6.45, 7) is 1.89. The van der Waals surface area contributed by atoms with Gasteiger partial charge in [-0.3, -0.25) is 23.6 Å². The maximum Gasteiger partial charge on any atom is 0.332 e. The molecule has 0 saturated carbocycles. The van der Waals surface area contributed by atoms with Crippen LogP contribution in [0.2, 0.25) is 0 Å². The molecule has 2 heterocycles. The highest BCUT2D eigenvalue weighted by Gasteiger charge is 2.31. The quantitative estimate of drug-likeness (QED) is 0.748. The summed E-state index contributed by atoms with van der Waals surface area (Å²) in [7, 11) is 2.89. The molecule has 1 aromatic heterocycles. The highest BCUT2D eigenvalue weighted by molar-refractivity contribution is 5.81. The summed E-state index contributed by atoms with van der Waals surface area (Å²) in [5, 5.41) is 9.45. The average molecular weight is 382 g/mol. The van der Waals surface area contributed by atoms with Crippen molar-refractivity contribution in [3.8, 4) is 6.07 Å². The normalized spacial score (nSPS) is 15.8. The van der Waals surface area contributed by atoms with Crippen LogP contribution in [-0.4, -0.2) is 46.1 Å². The Bertz CT molecular complexity index is 1040. The van der Waals surface area contributed by atoms with Crippen LogP contribution < -0.4 is 21.9 Å². The Morgan fingerprint density at radius 1 is 1.07 bits per heavy atom. The van der Waals surface area contributed by atoms with E-state index in [0.717, 1.165) is 10.1 Å². The average Bonchev–Trinajstić information content (AvgIpc) is 2.70. The van der Waals surface area contributed by atoms with Crippen molar-refractivity contribution in [2.24, 2.45) is 19.8 Å². The number of piperazine rings is 1. The first kappa shape index (κ1) is 19.4. The fourth-order valence-electron chi connectivity index (χ4n) is 3.68. The first-order chi connectivity index (χ1) is 13.4. The van der Waals surface area contributed by atoms with Crippen molar-refractivity contribution >= 4 is 11.7 Å². The minimum absolute atomic E-state index is 0.0624. The Hall–Kier alpha value is -3.38. The smallest absolute Gasteiger partial charge is 0.332 e. The van der Waals surface area contributed by atoms with Gasteiger partial charge in [0.15, 0.2) is 5.56 Å². The SMILES string of the molecule is Cn1c(N2CCN([C@H](C(N)=O)c3ccccc3)CC2)c(C#N)c(=O)n(C)c1=O. The number of hydrogen-bond acceptors (Lipinski definition) is 6. The molecule has 2 N–H and O–H groups in total. The molecule has 1 saturated heterocycles. The summed E-state index contributed by atoms with van der Waals surface area (Å²) >= 11 is 0. The summed E-state index contributed by atoms with van der Waals surface area (Å²) in [4.78, 5) is 40.5. The lowest BCUT2D eigenvalue weighted by Gasteiger charge is -2.39. The summed E-state index contributed by atoms with van der Waals surface area (Å²) in [5.41, 5.74) is 5.31. The van der Waals surface area contributed by atoms with Crippen molar-refractivity contribution in [2.45, 2.75) is 6.04 Å². The van der Waals surface area contributed by atoms with E-state index in [1.165, 1.54) is 11.6 Å². The zero-order chi connectivity index (χ0) is 20.4. The molecule has 2 aromatic rings. The van der Waals surface area contributed by atoms with Crippen molar-refractivity contribution in [1.82, 2.24) is 14.0 Å². The molecule has 1 fully saturated rings. The van der Waals surface area contributed by atoms with Crippen LogP contribution in [0.4, 0.5) is 5.82 Å². The summed E-state index contributed by atoms with van der Waals surface area (Å²) in [6.07, 6.45) is 0. The molecule has 9 heteroatoms.